The number of pyridine rings is 1. The van der Waals surface area contributed by atoms with Gasteiger partial charge in [-0.1, -0.05) is 49.9 Å². The molecule has 0 amide bonds. The molecular weight excluding hydrogens is 344 g/mol. The molecule has 0 aliphatic carbocycles. The molecule has 132 valence electrons. The van der Waals surface area contributed by atoms with Gasteiger partial charge in [0.15, 0.2) is 16.7 Å². The lowest BCUT2D eigenvalue weighted by molar-refractivity contribution is 0.489. The zero-order valence-corrected chi connectivity index (χ0v) is 15.6. The van der Waals surface area contributed by atoms with Crippen LogP contribution < -0.4 is 0 Å². The smallest absolute Gasteiger partial charge is 0.200 e. The van der Waals surface area contributed by atoms with Crippen LogP contribution in [0, 0.1) is 5.92 Å². The van der Waals surface area contributed by atoms with Gasteiger partial charge in [-0.05, 0) is 30.2 Å². The molecule has 3 heterocycles. The van der Waals surface area contributed by atoms with E-state index in [1.54, 1.807) is 18.0 Å². The van der Waals surface area contributed by atoms with Gasteiger partial charge in [0.25, 0.3) is 0 Å². The average Bonchev–Trinajstić information content (AvgIpc) is 3.29. The van der Waals surface area contributed by atoms with E-state index in [4.69, 9.17) is 9.40 Å². The first kappa shape index (κ1) is 16.8. The fraction of sp³-hybridized carbons (Fsp3) is 0.250. The first-order valence-electron chi connectivity index (χ1n) is 8.65. The van der Waals surface area contributed by atoms with Crippen molar-refractivity contribution in [3.05, 3.63) is 60.5 Å². The van der Waals surface area contributed by atoms with Crippen LogP contribution in [-0.4, -0.2) is 19.7 Å². The van der Waals surface area contributed by atoms with Crippen molar-refractivity contribution in [2.75, 3.05) is 0 Å². The minimum absolute atomic E-state index is 0.484. The third-order valence-corrected chi connectivity index (χ3v) is 5.01. The fourth-order valence-corrected chi connectivity index (χ4v) is 3.69. The summed E-state index contributed by atoms with van der Waals surface area (Å²) in [6.45, 7) is 5.22. The normalized spacial score (nSPS) is 11.5. The monoisotopic (exact) mass is 364 g/mol. The van der Waals surface area contributed by atoms with Crippen molar-refractivity contribution in [1.29, 1.82) is 0 Å². The molecular formula is C20H20N4OS. The van der Waals surface area contributed by atoms with Crippen LogP contribution in [0.2, 0.25) is 0 Å². The SMILES string of the molecule is CC(C)Cn1c(SCc2ccc3ccccc3n2)nnc1-c1ccco1. The highest BCUT2D eigenvalue weighted by Gasteiger charge is 2.17. The van der Waals surface area contributed by atoms with E-state index >= 15 is 0 Å². The van der Waals surface area contributed by atoms with Gasteiger partial charge in [-0.25, -0.2) is 0 Å². The fourth-order valence-electron chi connectivity index (χ4n) is 2.84. The average molecular weight is 364 g/mol. The minimum Gasteiger partial charge on any atom is -0.461 e. The quantitative estimate of drug-likeness (QED) is 0.449. The van der Waals surface area contributed by atoms with E-state index in [0.717, 1.165) is 45.6 Å². The Balaban J connectivity index is 1.58. The Hall–Kier alpha value is -2.60. The number of hydrogen-bond donors (Lipinski definition) is 0. The molecule has 1 aromatic carbocycles. The lowest BCUT2D eigenvalue weighted by Gasteiger charge is -2.11. The van der Waals surface area contributed by atoms with E-state index < -0.39 is 0 Å². The van der Waals surface area contributed by atoms with Crippen molar-refractivity contribution >= 4 is 22.7 Å². The number of hydrogen-bond acceptors (Lipinski definition) is 5. The van der Waals surface area contributed by atoms with Gasteiger partial charge in [0.2, 0.25) is 0 Å². The topological polar surface area (TPSA) is 56.7 Å². The standard InChI is InChI=1S/C20H20N4OS/c1-14(2)12-24-19(18-8-5-11-25-18)22-23-20(24)26-13-16-10-9-15-6-3-4-7-17(15)21-16/h3-11,14H,12-13H2,1-2H3. The van der Waals surface area contributed by atoms with E-state index in [-0.39, 0.29) is 0 Å². The van der Waals surface area contributed by atoms with E-state index in [9.17, 15) is 0 Å². The maximum atomic E-state index is 5.52. The zero-order valence-electron chi connectivity index (χ0n) is 14.8. The van der Waals surface area contributed by atoms with Gasteiger partial charge in [-0.3, -0.25) is 9.55 Å². The third kappa shape index (κ3) is 3.51. The summed E-state index contributed by atoms with van der Waals surface area (Å²) in [4.78, 5) is 4.74. The van der Waals surface area contributed by atoms with Crippen molar-refractivity contribution < 1.29 is 4.42 Å². The molecule has 3 aromatic heterocycles. The van der Waals surface area contributed by atoms with Crippen molar-refractivity contribution in [2.24, 2.45) is 5.92 Å². The third-order valence-electron chi connectivity index (χ3n) is 4.01. The number of aromatic nitrogens is 4. The molecule has 0 radical (unpaired) electrons. The second kappa shape index (κ2) is 7.33. The number of benzene rings is 1. The van der Waals surface area contributed by atoms with Gasteiger partial charge in [0.05, 0.1) is 17.5 Å². The van der Waals surface area contributed by atoms with Crippen LogP contribution in [0.1, 0.15) is 19.5 Å². The van der Waals surface area contributed by atoms with Crippen molar-refractivity contribution in [3.8, 4) is 11.6 Å². The summed E-state index contributed by atoms with van der Waals surface area (Å²) in [6, 6.07) is 16.1. The molecule has 0 saturated carbocycles. The summed E-state index contributed by atoms with van der Waals surface area (Å²) in [7, 11) is 0. The summed E-state index contributed by atoms with van der Waals surface area (Å²) in [5.74, 6) is 2.75. The lowest BCUT2D eigenvalue weighted by Crippen LogP contribution is -2.07. The molecule has 4 rings (SSSR count). The van der Waals surface area contributed by atoms with Gasteiger partial charge in [-0.2, -0.15) is 0 Å². The maximum Gasteiger partial charge on any atom is 0.200 e. The summed E-state index contributed by atoms with van der Waals surface area (Å²) in [6.07, 6.45) is 1.66. The van der Waals surface area contributed by atoms with Crippen LogP contribution >= 0.6 is 11.8 Å². The largest absolute Gasteiger partial charge is 0.461 e. The van der Waals surface area contributed by atoms with Crippen LogP contribution in [0.4, 0.5) is 0 Å². The number of fused-ring (bicyclic) bond motifs is 1. The Kier molecular flexibility index (Phi) is 4.75. The second-order valence-corrected chi connectivity index (χ2v) is 7.51. The Morgan fingerprint density at radius 2 is 1.92 bits per heavy atom. The molecule has 4 aromatic rings. The summed E-state index contributed by atoms with van der Waals surface area (Å²) >= 11 is 1.65. The van der Waals surface area contributed by atoms with Crippen LogP contribution in [0.3, 0.4) is 0 Å². The minimum atomic E-state index is 0.484. The van der Waals surface area contributed by atoms with Gasteiger partial charge in [-0.15, -0.1) is 10.2 Å². The molecule has 0 bridgehead atoms. The maximum absolute atomic E-state index is 5.52. The Morgan fingerprint density at radius 1 is 1.04 bits per heavy atom. The molecule has 0 atom stereocenters. The van der Waals surface area contributed by atoms with Crippen molar-refractivity contribution in [1.82, 2.24) is 19.7 Å². The Morgan fingerprint density at radius 3 is 2.73 bits per heavy atom. The van der Waals surface area contributed by atoms with Crippen LogP contribution in [0.5, 0.6) is 0 Å². The van der Waals surface area contributed by atoms with E-state index in [2.05, 4.69) is 46.8 Å². The van der Waals surface area contributed by atoms with Gasteiger partial charge >= 0.3 is 0 Å². The van der Waals surface area contributed by atoms with Crippen molar-refractivity contribution in [3.63, 3.8) is 0 Å². The molecule has 0 unspecified atom stereocenters. The summed E-state index contributed by atoms with van der Waals surface area (Å²) in [5, 5.41) is 10.8. The highest BCUT2D eigenvalue weighted by atomic mass is 32.2. The van der Waals surface area contributed by atoms with Gasteiger partial charge in [0.1, 0.15) is 0 Å². The summed E-state index contributed by atoms with van der Waals surface area (Å²) in [5.41, 5.74) is 2.05. The van der Waals surface area contributed by atoms with Crippen LogP contribution in [0.25, 0.3) is 22.5 Å². The molecule has 0 fully saturated rings. The number of nitrogens with zero attached hydrogens (tertiary/aromatic N) is 4. The molecule has 0 N–H and O–H groups in total. The predicted molar refractivity (Wildman–Crippen MR) is 104 cm³/mol. The van der Waals surface area contributed by atoms with E-state index in [1.165, 1.54) is 0 Å². The molecule has 0 aliphatic heterocycles. The Labute approximate surface area is 156 Å². The van der Waals surface area contributed by atoms with Crippen LogP contribution in [-0.2, 0) is 12.3 Å². The second-order valence-electron chi connectivity index (χ2n) is 6.57. The Bertz CT molecular complexity index is 1010. The number of para-hydroxylation sites is 1. The predicted octanol–water partition coefficient (Wildman–Crippen LogP) is 5.03. The first-order valence-corrected chi connectivity index (χ1v) is 9.64. The number of furan rings is 1. The number of thioether (sulfide) groups is 1. The lowest BCUT2D eigenvalue weighted by atomic mass is 10.2. The molecule has 0 saturated heterocycles. The molecule has 0 spiro atoms. The highest BCUT2D eigenvalue weighted by Crippen LogP contribution is 2.27. The molecule has 6 heteroatoms. The zero-order chi connectivity index (χ0) is 17.9. The van der Waals surface area contributed by atoms with Gasteiger partial charge < -0.3 is 4.42 Å². The molecule has 5 nitrogen and oxygen atoms in total. The molecule has 26 heavy (non-hydrogen) atoms. The van der Waals surface area contributed by atoms with E-state index in [1.807, 2.05) is 30.3 Å². The number of rotatable bonds is 6. The summed E-state index contributed by atoms with van der Waals surface area (Å²) < 4.78 is 7.66. The van der Waals surface area contributed by atoms with Crippen molar-refractivity contribution in [2.45, 2.75) is 31.3 Å². The van der Waals surface area contributed by atoms with Crippen LogP contribution in [0.15, 0.2) is 64.4 Å². The molecule has 0 aliphatic rings. The first-order chi connectivity index (χ1) is 12.7. The van der Waals surface area contributed by atoms with Gasteiger partial charge in [0, 0.05) is 17.7 Å². The highest BCUT2D eigenvalue weighted by molar-refractivity contribution is 7.98. The van der Waals surface area contributed by atoms with E-state index in [0.29, 0.717) is 5.92 Å².